The Morgan fingerprint density at radius 1 is 0.789 bits per heavy atom. The fourth-order valence-electron chi connectivity index (χ4n) is 1.90. The van der Waals surface area contributed by atoms with E-state index >= 15 is 0 Å². The van der Waals surface area contributed by atoms with E-state index in [4.69, 9.17) is 0 Å². The smallest absolute Gasteiger partial charge is 0.123 e. The normalized spacial score (nSPS) is 15.0. The van der Waals surface area contributed by atoms with Gasteiger partial charge in [-0.2, -0.15) is 0 Å². The van der Waals surface area contributed by atoms with Crippen LogP contribution in [0.15, 0.2) is 54.6 Å². The Bertz CT molecular complexity index is 536. The molecule has 19 heavy (non-hydrogen) atoms. The minimum atomic E-state index is -0.840. The molecule has 1 unspecified atom stereocenters. The Labute approximate surface area is 119 Å². The van der Waals surface area contributed by atoms with Gasteiger partial charge in [-0.15, -0.1) is 7.14 Å². The van der Waals surface area contributed by atoms with Crippen LogP contribution in [0.1, 0.15) is 20.8 Å². The minimum Gasteiger partial charge on any atom is -0.123 e. The number of rotatable bonds is 2. The molecular formula is C17H24BP. The second-order valence-corrected chi connectivity index (χ2v) is 8.62. The highest BCUT2D eigenvalue weighted by molar-refractivity contribution is 8.03. The van der Waals surface area contributed by atoms with Gasteiger partial charge in [0.2, 0.25) is 0 Å². The predicted octanol–water partition coefficient (Wildman–Crippen LogP) is 3.71. The van der Waals surface area contributed by atoms with Gasteiger partial charge in [-0.05, 0) is 44.0 Å². The summed E-state index contributed by atoms with van der Waals surface area (Å²) in [6.07, 6.45) is 0. The summed E-state index contributed by atoms with van der Waals surface area (Å²) in [6, 6.07) is 20.0. The second kappa shape index (κ2) is 5.14. The van der Waals surface area contributed by atoms with Crippen molar-refractivity contribution in [2.75, 3.05) is 6.66 Å². The first-order valence-corrected chi connectivity index (χ1v) is 8.17. The molecule has 2 rings (SSSR count). The van der Waals surface area contributed by atoms with Gasteiger partial charge < -0.3 is 0 Å². The summed E-state index contributed by atoms with van der Waals surface area (Å²) >= 11 is 0. The molecule has 0 saturated carbocycles. The summed E-state index contributed by atoms with van der Waals surface area (Å²) in [5, 5.41) is 2.10. The van der Waals surface area contributed by atoms with E-state index in [2.05, 4.69) is 82.0 Å². The first kappa shape index (κ1) is 14.3. The third-order valence-corrected chi connectivity index (χ3v) is 6.45. The van der Waals surface area contributed by atoms with Crippen LogP contribution in [0.3, 0.4) is 0 Å². The van der Waals surface area contributed by atoms with Crippen molar-refractivity contribution in [1.82, 2.24) is 0 Å². The topological polar surface area (TPSA) is 0 Å². The van der Waals surface area contributed by atoms with E-state index in [1.54, 1.807) is 5.30 Å². The predicted molar refractivity (Wildman–Crippen MR) is 94.0 cm³/mol. The Kier molecular flexibility index (Phi) is 3.88. The largest absolute Gasteiger partial charge is 0.132 e. The fraction of sp³-hybridized carbons (Fsp3) is 0.294. The van der Waals surface area contributed by atoms with Crippen molar-refractivity contribution in [3.63, 3.8) is 0 Å². The molecule has 0 fully saturated rings. The zero-order valence-electron chi connectivity index (χ0n) is 11.6. The first-order valence-electron chi connectivity index (χ1n) is 6.38. The standard InChI is InChI=1S/C17H24BP/c1-17(2,3)19(4,18)16-12-10-15(11-13-16)14-8-6-5-7-9-14/h5-13H,1-4,18H3. The maximum Gasteiger partial charge on any atom is 0.132 e. The van der Waals surface area contributed by atoms with Crippen LogP contribution in [0.4, 0.5) is 0 Å². The van der Waals surface area contributed by atoms with Crippen molar-refractivity contribution in [2.24, 2.45) is 0 Å². The molecule has 0 radical (unpaired) electrons. The highest BCUT2D eigenvalue weighted by Gasteiger charge is 2.35. The summed E-state index contributed by atoms with van der Waals surface area (Å²) in [4.78, 5) is 0. The van der Waals surface area contributed by atoms with E-state index in [9.17, 15) is 0 Å². The van der Waals surface area contributed by atoms with Crippen LogP contribution in [0, 0.1) is 0 Å². The van der Waals surface area contributed by atoms with Gasteiger partial charge in [0.15, 0.2) is 0 Å². The lowest BCUT2D eigenvalue weighted by atomic mass is 10.1. The van der Waals surface area contributed by atoms with E-state index in [1.807, 2.05) is 0 Å². The molecule has 0 aliphatic heterocycles. The van der Waals surface area contributed by atoms with Crippen LogP contribution in [0.5, 0.6) is 0 Å². The number of hydrogen-bond acceptors (Lipinski definition) is 0. The lowest BCUT2D eigenvalue weighted by Crippen LogP contribution is -2.27. The lowest BCUT2D eigenvalue weighted by Gasteiger charge is -2.38. The highest BCUT2D eigenvalue weighted by atomic mass is 31.2. The SMILES string of the molecule is [BH3-][P+](C)(c1ccc(-c2ccccc2)cc1)C(C)(C)C. The minimum absolute atomic E-state index is 0.345. The molecule has 2 aromatic carbocycles. The van der Waals surface area contributed by atoms with Gasteiger partial charge in [0.05, 0.1) is 0 Å². The molecular weight excluding hydrogens is 246 g/mol. The molecule has 0 N–H and O–H groups in total. The maximum absolute atomic E-state index is 2.55. The van der Waals surface area contributed by atoms with E-state index < -0.39 is 7.14 Å². The van der Waals surface area contributed by atoms with Crippen molar-refractivity contribution in [3.05, 3.63) is 54.6 Å². The van der Waals surface area contributed by atoms with Crippen molar-refractivity contribution in [1.29, 1.82) is 0 Å². The zero-order chi connectivity index (χ0) is 14.1. The van der Waals surface area contributed by atoms with Gasteiger partial charge in [0.25, 0.3) is 0 Å². The molecule has 1 atom stereocenters. The van der Waals surface area contributed by atoms with Crippen LogP contribution in [0.25, 0.3) is 11.1 Å². The second-order valence-electron chi connectivity index (χ2n) is 5.64. The van der Waals surface area contributed by atoms with Crippen molar-refractivity contribution >= 4 is 20.0 Å². The average Bonchev–Trinajstić information content (AvgIpc) is 2.39. The summed E-state index contributed by atoms with van der Waals surface area (Å²) < 4.78 is 0. The van der Waals surface area contributed by atoms with E-state index in [0.717, 1.165) is 0 Å². The van der Waals surface area contributed by atoms with Crippen LogP contribution in [-0.4, -0.2) is 19.4 Å². The monoisotopic (exact) mass is 270 g/mol. The highest BCUT2D eigenvalue weighted by Crippen LogP contribution is 2.60. The van der Waals surface area contributed by atoms with Gasteiger partial charge >= 0.3 is 0 Å². The molecule has 0 bridgehead atoms. The molecule has 100 valence electrons. The van der Waals surface area contributed by atoms with Gasteiger partial charge in [-0.3, -0.25) is 0 Å². The first-order chi connectivity index (χ1) is 8.82. The van der Waals surface area contributed by atoms with E-state index in [-0.39, 0.29) is 0 Å². The Morgan fingerprint density at radius 2 is 1.26 bits per heavy atom. The summed E-state index contributed by atoms with van der Waals surface area (Å²) in [7, 11) is -0.495. The lowest BCUT2D eigenvalue weighted by molar-refractivity contribution is 0.787. The Hall–Kier alpha value is -1.07. The molecule has 0 aliphatic rings. The molecule has 0 nitrogen and oxygen atoms in total. The third kappa shape index (κ3) is 2.93. The maximum atomic E-state index is 2.55. The van der Waals surface area contributed by atoms with Crippen LogP contribution in [-0.2, 0) is 0 Å². The van der Waals surface area contributed by atoms with Gasteiger partial charge in [-0.25, -0.2) is 0 Å². The third-order valence-electron chi connectivity index (χ3n) is 3.37. The summed E-state index contributed by atoms with van der Waals surface area (Å²) in [6.45, 7) is 9.79. The molecule has 0 heterocycles. The van der Waals surface area contributed by atoms with Crippen molar-refractivity contribution in [3.8, 4) is 11.1 Å². The summed E-state index contributed by atoms with van der Waals surface area (Å²) in [5.74, 6) is 0. The molecule has 0 aromatic heterocycles. The summed E-state index contributed by atoms with van der Waals surface area (Å²) in [5.41, 5.74) is 2.64. The molecule has 0 saturated heterocycles. The van der Waals surface area contributed by atoms with E-state index in [1.165, 1.54) is 11.1 Å². The van der Waals surface area contributed by atoms with Crippen molar-refractivity contribution < 1.29 is 0 Å². The quantitative estimate of drug-likeness (QED) is 0.576. The number of hydrogen-bond donors (Lipinski definition) is 0. The zero-order valence-corrected chi connectivity index (χ0v) is 12.5. The Morgan fingerprint density at radius 3 is 1.74 bits per heavy atom. The van der Waals surface area contributed by atoms with Crippen LogP contribution >= 0.6 is 7.14 Å². The van der Waals surface area contributed by atoms with Crippen LogP contribution in [0.2, 0.25) is 0 Å². The average molecular weight is 270 g/mol. The molecule has 0 aliphatic carbocycles. The van der Waals surface area contributed by atoms with Crippen molar-refractivity contribution in [2.45, 2.75) is 25.9 Å². The van der Waals surface area contributed by atoms with Crippen LogP contribution < -0.4 is 5.30 Å². The molecule has 2 aromatic rings. The van der Waals surface area contributed by atoms with Gasteiger partial charge in [0.1, 0.15) is 7.57 Å². The number of benzene rings is 2. The molecule has 0 amide bonds. The fourth-order valence-corrected chi connectivity index (χ4v) is 3.27. The molecule has 2 heteroatoms. The van der Waals surface area contributed by atoms with E-state index in [0.29, 0.717) is 12.7 Å². The van der Waals surface area contributed by atoms with Gasteiger partial charge in [0, 0.05) is 17.1 Å². The Balaban J connectivity index is 2.35. The van der Waals surface area contributed by atoms with Gasteiger partial charge in [-0.1, -0.05) is 42.5 Å². The molecule has 0 spiro atoms.